The Morgan fingerprint density at radius 3 is 2.87 bits per heavy atom. The van der Waals surface area contributed by atoms with E-state index in [0.717, 1.165) is 37.2 Å². The number of fused-ring (bicyclic) bond motifs is 1. The van der Waals surface area contributed by atoms with Crippen molar-refractivity contribution in [3.63, 3.8) is 0 Å². The SMILES string of the molecule is Cn1c(=O)c(CN(C[C@@H]2CCOC2)C2CC2)nc2ccccc21. The third kappa shape index (κ3) is 3.03. The van der Waals surface area contributed by atoms with Crippen molar-refractivity contribution in [2.45, 2.75) is 31.8 Å². The molecule has 122 valence electrons. The first-order valence-corrected chi connectivity index (χ1v) is 8.49. The smallest absolute Gasteiger partial charge is 0.273 e. The molecule has 1 aromatic heterocycles. The molecular formula is C18H23N3O2. The number of benzene rings is 1. The molecule has 5 heteroatoms. The number of para-hydroxylation sites is 2. The molecule has 2 fully saturated rings. The molecular weight excluding hydrogens is 290 g/mol. The molecule has 0 radical (unpaired) electrons. The van der Waals surface area contributed by atoms with Crippen LogP contribution in [-0.2, 0) is 18.3 Å². The predicted octanol–water partition coefficient (Wildman–Crippen LogP) is 1.93. The van der Waals surface area contributed by atoms with E-state index in [1.807, 2.05) is 31.3 Å². The van der Waals surface area contributed by atoms with Crippen LogP contribution in [0.4, 0.5) is 0 Å². The van der Waals surface area contributed by atoms with Crippen LogP contribution < -0.4 is 5.56 Å². The third-order valence-electron chi connectivity index (χ3n) is 4.98. The molecule has 1 aliphatic carbocycles. The lowest BCUT2D eigenvalue weighted by Crippen LogP contribution is -2.35. The molecule has 2 aromatic rings. The fourth-order valence-corrected chi connectivity index (χ4v) is 3.48. The summed E-state index contributed by atoms with van der Waals surface area (Å²) in [6.45, 7) is 3.40. The lowest BCUT2D eigenvalue weighted by molar-refractivity contribution is 0.160. The second-order valence-electron chi connectivity index (χ2n) is 6.80. The van der Waals surface area contributed by atoms with Gasteiger partial charge in [-0.1, -0.05) is 12.1 Å². The minimum absolute atomic E-state index is 0.0250. The summed E-state index contributed by atoms with van der Waals surface area (Å²) >= 11 is 0. The quantitative estimate of drug-likeness (QED) is 0.846. The summed E-state index contributed by atoms with van der Waals surface area (Å²) in [5.74, 6) is 0.597. The minimum atomic E-state index is 0.0250. The van der Waals surface area contributed by atoms with E-state index in [2.05, 4.69) is 9.88 Å². The molecule has 0 spiro atoms. The normalized spacial score (nSPS) is 21.4. The van der Waals surface area contributed by atoms with Gasteiger partial charge < -0.3 is 9.30 Å². The van der Waals surface area contributed by atoms with Gasteiger partial charge in [-0.05, 0) is 37.3 Å². The Balaban J connectivity index is 1.62. The molecule has 1 saturated heterocycles. The highest BCUT2D eigenvalue weighted by atomic mass is 16.5. The Morgan fingerprint density at radius 2 is 2.13 bits per heavy atom. The topological polar surface area (TPSA) is 47.4 Å². The van der Waals surface area contributed by atoms with Crippen LogP contribution >= 0.6 is 0 Å². The number of rotatable bonds is 5. The molecule has 1 atom stereocenters. The summed E-state index contributed by atoms with van der Waals surface area (Å²) < 4.78 is 7.22. The van der Waals surface area contributed by atoms with Crippen molar-refractivity contribution in [3.05, 3.63) is 40.3 Å². The molecule has 2 aliphatic rings. The predicted molar refractivity (Wildman–Crippen MR) is 89.3 cm³/mol. The zero-order chi connectivity index (χ0) is 15.8. The van der Waals surface area contributed by atoms with Gasteiger partial charge in [0.15, 0.2) is 0 Å². The van der Waals surface area contributed by atoms with Gasteiger partial charge in [0.25, 0.3) is 5.56 Å². The highest BCUT2D eigenvalue weighted by molar-refractivity contribution is 5.74. The fourth-order valence-electron chi connectivity index (χ4n) is 3.48. The summed E-state index contributed by atoms with van der Waals surface area (Å²) in [6.07, 6.45) is 3.61. The first-order chi connectivity index (χ1) is 11.2. The number of aryl methyl sites for hydroxylation is 1. The lowest BCUT2D eigenvalue weighted by Gasteiger charge is -2.24. The molecule has 0 N–H and O–H groups in total. The molecule has 1 aliphatic heterocycles. The van der Waals surface area contributed by atoms with Crippen LogP contribution in [0.15, 0.2) is 29.1 Å². The Kier molecular flexibility index (Phi) is 3.91. The standard InChI is InChI=1S/C18H23N3O2/c1-20-17-5-3-2-4-15(17)19-16(18(20)22)11-21(14-6-7-14)10-13-8-9-23-12-13/h2-5,13-14H,6-12H2,1H3/t13-/m0/s1. The summed E-state index contributed by atoms with van der Waals surface area (Å²) in [4.78, 5) is 19.7. The maximum absolute atomic E-state index is 12.6. The van der Waals surface area contributed by atoms with Gasteiger partial charge in [-0.25, -0.2) is 4.98 Å². The average molecular weight is 313 g/mol. The van der Waals surface area contributed by atoms with Crippen LogP contribution in [0.3, 0.4) is 0 Å². The largest absolute Gasteiger partial charge is 0.381 e. The Hall–Kier alpha value is -1.72. The van der Waals surface area contributed by atoms with E-state index in [1.54, 1.807) is 4.57 Å². The zero-order valence-electron chi connectivity index (χ0n) is 13.6. The highest BCUT2D eigenvalue weighted by Crippen LogP contribution is 2.30. The first kappa shape index (κ1) is 14.8. The second-order valence-corrected chi connectivity index (χ2v) is 6.80. The summed E-state index contributed by atoms with van der Waals surface area (Å²) in [5, 5.41) is 0. The monoisotopic (exact) mass is 313 g/mol. The summed E-state index contributed by atoms with van der Waals surface area (Å²) in [5.41, 5.74) is 2.47. The Bertz CT molecular complexity index is 760. The van der Waals surface area contributed by atoms with Crippen LogP contribution in [-0.4, -0.2) is 40.3 Å². The van der Waals surface area contributed by atoms with Gasteiger partial charge in [-0.3, -0.25) is 9.69 Å². The van der Waals surface area contributed by atoms with Crippen molar-refractivity contribution in [3.8, 4) is 0 Å². The Morgan fingerprint density at radius 1 is 1.30 bits per heavy atom. The van der Waals surface area contributed by atoms with Crippen molar-refractivity contribution < 1.29 is 4.74 Å². The van der Waals surface area contributed by atoms with Gasteiger partial charge in [-0.15, -0.1) is 0 Å². The summed E-state index contributed by atoms with van der Waals surface area (Å²) in [7, 11) is 1.84. The molecule has 1 aromatic carbocycles. The minimum Gasteiger partial charge on any atom is -0.381 e. The molecule has 23 heavy (non-hydrogen) atoms. The maximum Gasteiger partial charge on any atom is 0.273 e. The highest BCUT2D eigenvalue weighted by Gasteiger charge is 2.32. The van der Waals surface area contributed by atoms with Crippen LogP contribution in [0.1, 0.15) is 25.0 Å². The molecule has 0 bridgehead atoms. The van der Waals surface area contributed by atoms with E-state index < -0.39 is 0 Å². The number of aromatic nitrogens is 2. The van der Waals surface area contributed by atoms with Gasteiger partial charge >= 0.3 is 0 Å². The first-order valence-electron chi connectivity index (χ1n) is 8.49. The van der Waals surface area contributed by atoms with Gasteiger partial charge in [0.2, 0.25) is 0 Å². The van der Waals surface area contributed by atoms with E-state index in [-0.39, 0.29) is 5.56 Å². The van der Waals surface area contributed by atoms with Crippen molar-refractivity contribution in [1.82, 2.24) is 14.5 Å². The van der Waals surface area contributed by atoms with Crippen molar-refractivity contribution >= 4 is 11.0 Å². The number of ether oxygens (including phenoxy) is 1. The fraction of sp³-hybridized carbons (Fsp3) is 0.556. The van der Waals surface area contributed by atoms with E-state index in [4.69, 9.17) is 4.74 Å². The second kappa shape index (κ2) is 6.06. The summed E-state index contributed by atoms with van der Waals surface area (Å²) in [6, 6.07) is 8.46. The van der Waals surface area contributed by atoms with Crippen LogP contribution in [0.5, 0.6) is 0 Å². The third-order valence-corrected chi connectivity index (χ3v) is 4.98. The number of nitrogens with zero attached hydrogens (tertiary/aromatic N) is 3. The zero-order valence-corrected chi connectivity index (χ0v) is 13.6. The van der Waals surface area contributed by atoms with Crippen molar-refractivity contribution in [1.29, 1.82) is 0 Å². The lowest BCUT2D eigenvalue weighted by atomic mass is 10.1. The van der Waals surface area contributed by atoms with Gasteiger partial charge in [-0.2, -0.15) is 0 Å². The van der Waals surface area contributed by atoms with Crippen LogP contribution in [0.2, 0.25) is 0 Å². The molecule has 1 saturated carbocycles. The van der Waals surface area contributed by atoms with Gasteiger partial charge in [0.1, 0.15) is 5.69 Å². The van der Waals surface area contributed by atoms with E-state index in [1.165, 1.54) is 12.8 Å². The number of hydrogen-bond acceptors (Lipinski definition) is 4. The Labute approximate surface area is 135 Å². The van der Waals surface area contributed by atoms with E-state index >= 15 is 0 Å². The van der Waals surface area contributed by atoms with E-state index in [9.17, 15) is 4.79 Å². The molecule has 0 amide bonds. The van der Waals surface area contributed by atoms with Crippen molar-refractivity contribution in [2.75, 3.05) is 19.8 Å². The molecule has 5 nitrogen and oxygen atoms in total. The molecule has 4 rings (SSSR count). The van der Waals surface area contributed by atoms with Crippen molar-refractivity contribution in [2.24, 2.45) is 13.0 Å². The van der Waals surface area contributed by atoms with Gasteiger partial charge in [0.05, 0.1) is 17.6 Å². The number of hydrogen-bond donors (Lipinski definition) is 0. The molecule has 0 unspecified atom stereocenters. The van der Waals surface area contributed by atoms with Crippen LogP contribution in [0, 0.1) is 5.92 Å². The van der Waals surface area contributed by atoms with Gasteiger partial charge in [0, 0.05) is 32.8 Å². The molecule has 2 heterocycles. The van der Waals surface area contributed by atoms with E-state index in [0.29, 0.717) is 24.2 Å². The average Bonchev–Trinajstić information content (AvgIpc) is 3.29. The maximum atomic E-state index is 12.6. The van der Waals surface area contributed by atoms with Crippen LogP contribution in [0.25, 0.3) is 11.0 Å².